The number of imidazole rings is 1. The van der Waals surface area contributed by atoms with Crippen molar-refractivity contribution in [1.82, 2.24) is 9.97 Å². The molecule has 0 aliphatic heterocycles. The maximum Gasteiger partial charge on any atom is 0.269 e. The van der Waals surface area contributed by atoms with Gasteiger partial charge in [-0.1, -0.05) is 6.42 Å². The Bertz CT molecular complexity index is 958. The van der Waals surface area contributed by atoms with Crippen LogP contribution < -0.4 is 5.32 Å². The van der Waals surface area contributed by atoms with E-state index in [0.29, 0.717) is 17.2 Å². The Hall–Kier alpha value is -3.22. The highest BCUT2D eigenvalue weighted by Gasteiger charge is 2.22. The van der Waals surface area contributed by atoms with Crippen LogP contribution >= 0.6 is 0 Å². The minimum atomic E-state index is -0.493. The van der Waals surface area contributed by atoms with Crippen LogP contribution in [0, 0.1) is 10.1 Å². The lowest BCUT2D eigenvalue weighted by Crippen LogP contribution is -2.11. The molecule has 1 heterocycles. The Balaban J connectivity index is 1.53. The third-order valence-electron chi connectivity index (χ3n) is 4.59. The van der Waals surface area contributed by atoms with Gasteiger partial charge in [-0.05, 0) is 43.2 Å². The van der Waals surface area contributed by atoms with Crippen LogP contribution in [0.5, 0.6) is 0 Å². The van der Waals surface area contributed by atoms with Crippen LogP contribution in [0.4, 0.5) is 11.4 Å². The number of carbonyl (C=O) groups excluding carboxylic acids is 1. The molecule has 7 heteroatoms. The first-order chi connectivity index (χ1) is 12.1. The number of carbonyl (C=O) groups is 1. The summed E-state index contributed by atoms with van der Waals surface area (Å²) in [4.78, 5) is 30.4. The maximum absolute atomic E-state index is 12.3. The topological polar surface area (TPSA) is 101 Å². The normalized spacial score (nSPS) is 14.2. The lowest BCUT2D eigenvalue weighted by atomic mass is 9.85. The molecule has 0 radical (unpaired) electrons. The van der Waals surface area contributed by atoms with E-state index >= 15 is 0 Å². The molecule has 4 rings (SSSR count). The summed E-state index contributed by atoms with van der Waals surface area (Å²) < 4.78 is 0. The van der Waals surface area contributed by atoms with Gasteiger partial charge in [0.05, 0.1) is 16.0 Å². The number of nitro groups is 1. The summed E-state index contributed by atoms with van der Waals surface area (Å²) in [6.07, 6.45) is 3.59. The molecular weight excluding hydrogens is 320 g/mol. The van der Waals surface area contributed by atoms with Gasteiger partial charge in [0.1, 0.15) is 5.82 Å². The fourth-order valence-electron chi connectivity index (χ4n) is 2.92. The fraction of sp³-hybridized carbons (Fsp3) is 0.222. The zero-order valence-electron chi connectivity index (χ0n) is 13.4. The molecule has 2 aromatic carbocycles. The summed E-state index contributed by atoms with van der Waals surface area (Å²) in [6, 6.07) is 11.0. The average Bonchev–Trinajstić information content (AvgIpc) is 2.95. The van der Waals surface area contributed by atoms with E-state index in [1.807, 2.05) is 12.1 Å². The number of hydrogen-bond donors (Lipinski definition) is 2. The number of fused-ring (bicyclic) bond motifs is 1. The first kappa shape index (κ1) is 15.3. The van der Waals surface area contributed by atoms with E-state index in [9.17, 15) is 14.9 Å². The van der Waals surface area contributed by atoms with E-state index in [2.05, 4.69) is 15.3 Å². The predicted molar refractivity (Wildman–Crippen MR) is 93.7 cm³/mol. The molecule has 1 aliphatic carbocycles. The third-order valence-corrected chi connectivity index (χ3v) is 4.59. The molecule has 0 bridgehead atoms. The Morgan fingerprint density at radius 2 is 1.96 bits per heavy atom. The summed E-state index contributed by atoms with van der Waals surface area (Å²) in [5.74, 6) is 1.22. The molecular formula is C18H16N4O3. The van der Waals surface area contributed by atoms with Gasteiger partial charge in [0, 0.05) is 29.3 Å². The van der Waals surface area contributed by atoms with Crippen LogP contribution in [0.2, 0.25) is 0 Å². The van der Waals surface area contributed by atoms with Gasteiger partial charge in [-0.15, -0.1) is 0 Å². The van der Waals surface area contributed by atoms with E-state index in [0.717, 1.165) is 16.9 Å². The number of nitro benzene ring substituents is 1. The second-order valence-corrected chi connectivity index (χ2v) is 6.24. The quantitative estimate of drug-likeness (QED) is 0.555. The first-order valence-corrected chi connectivity index (χ1v) is 8.15. The van der Waals surface area contributed by atoms with Crippen molar-refractivity contribution in [2.45, 2.75) is 25.2 Å². The Morgan fingerprint density at radius 1 is 1.20 bits per heavy atom. The van der Waals surface area contributed by atoms with Crippen LogP contribution in [0.1, 0.15) is 41.4 Å². The Morgan fingerprint density at radius 3 is 2.60 bits per heavy atom. The minimum absolute atomic E-state index is 0.0426. The Labute approximate surface area is 143 Å². The van der Waals surface area contributed by atoms with Gasteiger partial charge in [-0.3, -0.25) is 14.9 Å². The van der Waals surface area contributed by atoms with Crippen molar-refractivity contribution in [2.24, 2.45) is 0 Å². The molecule has 2 N–H and O–H groups in total. The largest absolute Gasteiger partial charge is 0.342 e. The highest BCUT2D eigenvalue weighted by Crippen LogP contribution is 2.35. The molecule has 0 atom stereocenters. The van der Waals surface area contributed by atoms with Crippen LogP contribution in [0.3, 0.4) is 0 Å². The molecule has 0 saturated heterocycles. The maximum atomic E-state index is 12.3. The van der Waals surface area contributed by atoms with Gasteiger partial charge in [-0.25, -0.2) is 4.98 Å². The molecule has 7 nitrogen and oxygen atoms in total. The van der Waals surface area contributed by atoms with E-state index < -0.39 is 4.92 Å². The molecule has 0 spiro atoms. The molecule has 1 amide bonds. The van der Waals surface area contributed by atoms with Crippen molar-refractivity contribution in [2.75, 3.05) is 5.32 Å². The number of hydrogen-bond acceptors (Lipinski definition) is 4. The zero-order chi connectivity index (χ0) is 17.4. The van der Waals surface area contributed by atoms with E-state index in [4.69, 9.17) is 0 Å². The van der Waals surface area contributed by atoms with Crippen molar-refractivity contribution < 1.29 is 9.72 Å². The van der Waals surface area contributed by atoms with E-state index in [-0.39, 0.29) is 11.6 Å². The summed E-state index contributed by atoms with van der Waals surface area (Å²) in [7, 11) is 0. The number of nitrogens with zero attached hydrogens (tertiary/aromatic N) is 2. The first-order valence-electron chi connectivity index (χ1n) is 8.15. The van der Waals surface area contributed by atoms with Crippen LogP contribution in [0.25, 0.3) is 11.0 Å². The smallest absolute Gasteiger partial charge is 0.269 e. The van der Waals surface area contributed by atoms with E-state index in [1.54, 1.807) is 6.07 Å². The zero-order valence-corrected chi connectivity index (χ0v) is 13.4. The van der Waals surface area contributed by atoms with Gasteiger partial charge in [0.15, 0.2) is 0 Å². The monoisotopic (exact) mass is 336 g/mol. The molecule has 3 aromatic rings. The molecule has 0 unspecified atom stereocenters. The predicted octanol–water partition coefficient (Wildman–Crippen LogP) is 3.99. The third kappa shape index (κ3) is 2.96. The van der Waals surface area contributed by atoms with Crippen molar-refractivity contribution in [3.05, 3.63) is 64.0 Å². The highest BCUT2D eigenvalue weighted by atomic mass is 16.6. The number of anilines is 1. The van der Waals surface area contributed by atoms with E-state index in [1.165, 1.54) is 43.5 Å². The van der Waals surface area contributed by atoms with Crippen LogP contribution in [0.15, 0.2) is 42.5 Å². The second-order valence-electron chi connectivity index (χ2n) is 6.24. The number of H-pyrrole nitrogens is 1. The number of benzene rings is 2. The molecule has 126 valence electrons. The van der Waals surface area contributed by atoms with Gasteiger partial charge >= 0.3 is 0 Å². The molecule has 1 fully saturated rings. The molecule has 1 saturated carbocycles. The lowest BCUT2D eigenvalue weighted by molar-refractivity contribution is -0.384. The number of nitrogens with one attached hydrogen (secondary N) is 2. The fourth-order valence-corrected chi connectivity index (χ4v) is 2.92. The number of non-ortho nitro benzene ring substituents is 1. The van der Waals surface area contributed by atoms with Gasteiger partial charge in [0.25, 0.3) is 11.6 Å². The summed E-state index contributed by atoms with van der Waals surface area (Å²) in [5, 5.41) is 13.5. The van der Waals surface area contributed by atoms with Gasteiger partial charge in [-0.2, -0.15) is 0 Å². The standard InChI is InChI=1S/C18H16N4O3/c23-18(12-4-7-14(8-5-12)22(24)25)19-13-6-9-15-16(10-13)21-17(20-15)11-2-1-3-11/h4-11H,1-3H2,(H,19,23)(H,20,21). The summed E-state index contributed by atoms with van der Waals surface area (Å²) in [6.45, 7) is 0. The van der Waals surface area contributed by atoms with Crippen molar-refractivity contribution in [1.29, 1.82) is 0 Å². The van der Waals surface area contributed by atoms with Crippen molar-refractivity contribution >= 4 is 28.3 Å². The average molecular weight is 336 g/mol. The highest BCUT2D eigenvalue weighted by molar-refractivity contribution is 6.05. The molecule has 25 heavy (non-hydrogen) atoms. The van der Waals surface area contributed by atoms with Gasteiger partial charge < -0.3 is 10.3 Å². The number of rotatable bonds is 4. The lowest BCUT2D eigenvalue weighted by Gasteiger charge is -2.22. The van der Waals surface area contributed by atoms with Crippen molar-refractivity contribution in [3.63, 3.8) is 0 Å². The summed E-state index contributed by atoms with van der Waals surface area (Å²) >= 11 is 0. The van der Waals surface area contributed by atoms with Crippen LogP contribution in [-0.4, -0.2) is 20.8 Å². The SMILES string of the molecule is O=C(Nc1ccc2nc(C3CCC3)[nH]c2c1)c1ccc([N+](=O)[O-])cc1. The number of amides is 1. The number of aromatic nitrogens is 2. The van der Waals surface area contributed by atoms with Crippen LogP contribution in [-0.2, 0) is 0 Å². The van der Waals surface area contributed by atoms with Crippen molar-refractivity contribution in [3.8, 4) is 0 Å². The molecule has 1 aromatic heterocycles. The minimum Gasteiger partial charge on any atom is -0.342 e. The summed E-state index contributed by atoms with van der Waals surface area (Å²) in [5.41, 5.74) is 2.75. The Kier molecular flexibility index (Phi) is 3.68. The van der Waals surface area contributed by atoms with Gasteiger partial charge in [0.2, 0.25) is 0 Å². The number of aromatic amines is 1. The molecule has 1 aliphatic rings. The second kappa shape index (κ2) is 6.01.